The lowest BCUT2D eigenvalue weighted by molar-refractivity contribution is 0.0497. The maximum absolute atomic E-state index is 9.77. The van der Waals surface area contributed by atoms with Crippen LogP contribution in [0, 0.1) is 0 Å². The Balaban J connectivity index is 2.83. The average molecular weight is 103 g/mol. The van der Waals surface area contributed by atoms with E-state index in [1.165, 1.54) is 0 Å². The van der Waals surface area contributed by atoms with Crippen molar-refractivity contribution in [2.75, 3.05) is 6.61 Å². The van der Waals surface area contributed by atoms with E-state index in [4.69, 9.17) is 5.11 Å². The van der Waals surface area contributed by atoms with Crippen LogP contribution in [0.5, 0.6) is 0 Å². The molecule has 0 aliphatic rings. The quantitative estimate of drug-likeness (QED) is 0.557. The highest BCUT2D eigenvalue weighted by Gasteiger charge is 1.97. The highest BCUT2D eigenvalue weighted by atomic mass is 16.3. The summed E-state index contributed by atoms with van der Waals surface area (Å²) in [5.74, 6) is 0. The van der Waals surface area contributed by atoms with Crippen LogP contribution < -0.4 is 0 Å². The minimum absolute atomic E-state index is 0.353. The van der Waals surface area contributed by atoms with Crippen molar-refractivity contribution in [3.63, 3.8) is 0 Å². The summed E-state index contributed by atoms with van der Waals surface area (Å²) in [6.07, 6.45) is 0.928. The van der Waals surface area contributed by atoms with Crippen molar-refractivity contribution in [1.82, 2.24) is 0 Å². The Morgan fingerprint density at radius 3 is 2.43 bits per heavy atom. The van der Waals surface area contributed by atoms with Gasteiger partial charge in [-0.1, -0.05) is 13.3 Å². The van der Waals surface area contributed by atoms with E-state index in [-0.39, 0.29) is 6.61 Å². The van der Waals surface area contributed by atoms with Crippen LogP contribution >= 0.6 is 0 Å². The maximum atomic E-state index is 9.77. The van der Waals surface area contributed by atoms with Crippen LogP contribution in [-0.2, 0) is 5.11 Å². The largest absolute Gasteiger partial charge is 0.391 e. The van der Waals surface area contributed by atoms with Crippen LogP contribution in [0.1, 0.15) is 19.8 Å². The van der Waals surface area contributed by atoms with E-state index in [0.717, 1.165) is 6.42 Å². The number of hydrogen-bond donors (Lipinski definition) is 1. The molecule has 1 N–H and O–H groups in total. The van der Waals surface area contributed by atoms with Crippen LogP contribution in [0.15, 0.2) is 0 Å². The third-order valence-corrected chi connectivity index (χ3v) is 0.814. The van der Waals surface area contributed by atoms with Gasteiger partial charge in [0.25, 0.3) is 0 Å². The lowest BCUT2D eigenvalue weighted by atomic mass is 10.2. The average Bonchev–Trinajstić information content (AvgIpc) is 1.68. The molecule has 0 aromatic carbocycles. The van der Waals surface area contributed by atoms with E-state index < -0.39 is 6.10 Å². The molecular formula is C5H11O2. The van der Waals surface area contributed by atoms with Crippen LogP contribution in [0.25, 0.3) is 0 Å². The topological polar surface area (TPSA) is 40.1 Å². The molecule has 2 heteroatoms. The summed E-state index contributed by atoms with van der Waals surface area (Å²) in [7, 11) is 0. The summed E-state index contributed by atoms with van der Waals surface area (Å²) in [6.45, 7) is 1.59. The second kappa shape index (κ2) is 4.09. The van der Waals surface area contributed by atoms with Gasteiger partial charge < -0.3 is 5.11 Å². The number of aliphatic hydroxyl groups is 1. The molecule has 43 valence electrons. The molecule has 2 nitrogen and oxygen atoms in total. The molecule has 0 heterocycles. The summed E-state index contributed by atoms with van der Waals surface area (Å²) in [5.41, 5.74) is 0. The van der Waals surface area contributed by atoms with E-state index in [2.05, 4.69) is 0 Å². The summed E-state index contributed by atoms with van der Waals surface area (Å²) in [5, 5.41) is 18.3. The van der Waals surface area contributed by atoms with Gasteiger partial charge >= 0.3 is 0 Å². The molecule has 0 aromatic rings. The fourth-order valence-corrected chi connectivity index (χ4v) is 0.417. The molecule has 0 rings (SSSR count). The summed E-state index contributed by atoms with van der Waals surface area (Å²) < 4.78 is 0. The van der Waals surface area contributed by atoms with Crippen molar-refractivity contribution < 1.29 is 10.2 Å². The minimum Gasteiger partial charge on any atom is -0.391 e. The lowest BCUT2D eigenvalue weighted by Crippen LogP contribution is -2.09. The highest BCUT2D eigenvalue weighted by molar-refractivity contribution is 4.47. The molecule has 0 amide bonds. The van der Waals surface area contributed by atoms with Crippen molar-refractivity contribution in [2.45, 2.75) is 25.9 Å². The Hall–Kier alpha value is -0.0800. The zero-order valence-electron chi connectivity index (χ0n) is 4.55. The Labute approximate surface area is 43.8 Å². The van der Waals surface area contributed by atoms with E-state index in [1.54, 1.807) is 0 Å². The molecule has 1 radical (unpaired) electrons. The van der Waals surface area contributed by atoms with Gasteiger partial charge in [-0.15, -0.1) is 0 Å². The minimum atomic E-state index is -0.606. The van der Waals surface area contributed by atoms with Gasteiger partial charge in [0.05, 0.1) is 6.10 Å². The first-order valence-corrected chi connectivity index (χ1v) is 2.57. The molecule has 0 unspecified atom stereocenters. The van der Waals surface area contributed by atoms with E-state index in [9.17, 15) is 5.11 Å². The molecule has 0 spiro atoms. The number of aliphatic hydroxyl groups excluding tert-OH is 1. The third kappa shape index (κ3) is 3.76. The fourth-order valence-electron chi connectivity index (χ4n) is 0.417. The third-order valence-electron chi connectivity index (χ3n) is 0.814. The molecule has 0 bridgehead atoms. The van der Waals surface area contributed by atoms with Crippen molar-refractivity contribution in [3.8, 4) is 0 Å². The summed E-state index contributed by atoms with van der Waals surface area (Å²) in [6, 6.07) is 0. The van der Waals surface area contributed by atoms with Gasteiger partial charge in [0.2, 0.25) is 0 Å². The standard InChI is InChI=1S/C5H11O2/c1-2-3-5(7)4-6/h5,7H,2-4H2,1H3/t5-/m0/s1. The summed E-state index contributed by atoms with van der Waals surface area (Å²) in [4.78, 5) is 0. The van der Waals surface area contributed by atoms with Gasteiger partial charge in [0, 0.05) is 0 Å². The first-order valence-electron chi connectivity index (χ1n) is 2.57. The molecular weight excluding hydrogens is 92.1 g/mol. The van der Waals surface area contributed by atoms with Crippen molar-refractivity contribution in [3.05, 3.63) is 0 Å². The van der Waals surface area contributed by atoms with Gasteiger partial charge in [-0.25, -0.2) is 5.11 Å². The summed E-state index contributed by atoms with van der Waals surface area (Å²) >= 11 is 0. The van der Waals surface area contributed by atoms with Crippen LogP contribution in [0.2, 0.25) is 0 Å². The Kier molecular flexibility index (Phi) is 4.04. The van der Waals surface area contributed by atoms with Gasteiger partial charge in [0.1, 0.15) is 6.61 Å². The maximum Gasteiger partial charge on any atom is 0.108 e. The van der Waals surface area contributed by atoms with Gasteiger partial charge in [-0.2, -0.15) is 0 Å². The number of rotatable bonds is 3. The zero-order valence-corrected chi connectivity index (χ0v) is 4.55. The predicted molar refractivity (Wildman–Crippen MR) is 26.5 cm³/mol. The van der Waals surface area contributed by atoms with E-state index in [1.807, 2.05) is 6.92 Å². The lowest BCUT2D eigenvalue weighted by Gasteiger charge is -1.99. The monoisotopic (exact) mass is 103 g/mol. The van der Waals surface area contributed by atoms with Crippen molar-refractivity contribution in [1.29, 1.82) is 0 Å². The van der Waals surface area contributed by atoms with Gasteiger partial charge in [0.15, 0.2) is 0 Å². The second-order valence-electron chi connectivity index (χ2n) is 1.61. The SMILES string of the molecule is CCC[C@H](O)C[O]. The molecule has 0 aromatic heterocycles. The highest BCUT2D eigenvalue weighted by Crippen LogP contribution is 1.92. The Morgan fingerprint density at radius 1 is 1.71 bits per heavy atom. The fraction of sp³-hybridized carbons (Fsp3) is 1.00. The molecule has 0 aliphatic heterocycles. The van der Waals surface area contributed by atoms with Crippen LogP contribution in [0.4, 0.5) is 0 Å². The predicted octanol–water partition coefficient (Wildman–Crippen LogP) is 0.578. The van der Waals surface area contributed by atoms with E-state index >= 15 is 0 Å². The normalized spacial score (nSPS) is 14.1. The molecule has 1 atom stereocenters. The van der Waals surface area contributed by atoms with Crippen molar-refractivity contribution in [2.24, 2.45) is 0 Å². The van der Waals surface area contributed by atoms with Crippen molar-refractivity contribution >= 4 is 0 Å². The number of hydrogen-bond acceptors (Lipinski definition) is 1. The van der Waals surface area contributed by atoms with Crippen LogP contribution in [-0.4, -0.2) is 17.8 Å². The second-order valence-corrected chi connectivity index (χ2v) is 1.61. The molecule has 0 aliphatic carbocycles. The van der Waals surface area contributed by atoms with Gasteiger partial charge in [-0.05, 0) is 6.42 Å². The van der Waals surface area contributed by atoms with E-state index in [0.29, 0.717) is 6.42 Å². The first kappa shape index (κ1) is 6.92. The Morgan fingerprint density at radius 2 is 2.29 bits per heavy atom. The first-order chi connectivity index (χ1) is 3.31. The molecule has 0 saturated carbocycles. The Bertz CT molecular complexity index is 37.1. The smallest absolute Gasteiger partial charge is 0.108 e. The molecule has 7 heavy (non-hydrogen) atoms. The molecule has 0 saturated heterocycles. The molecule has 0 fully saturated rings. The zero-order chi connectivity index (χ0) is 5.70. The van der Waals surface area contributed by atoms with Crippen LogP contribution in [0.3, 0.4) is 0 Å². The van der Waals surface area contributed by atoms with Gasteiger partial charge in [-0.3, -0.25) is 0 Å².